The molecule has 2 rings (SSSR count). The molecule has 0 aliphatic rings. The van der Waals surface area contributed by atoms with Crippen LogP contribution in [0.25, 0.3) is 0 Å². The number of hydrogen-bond acceptors (Lipinski definition) is 3. The average Bonchev–Trinajstić information content (AvgIpc) is 2.88. The zero-order valence-corrected chi connectivity index (χ0v) is 11.9. The molecular formula is C16H20FNO2. The molecule has 1 aromatic heterocycles. The number of nitrogens with one attached hydrogen (secondary N) is 1. The number of methoxy groups -OCH3 is 1. The van der Waals surface area contributed by atoms with Gasteiger partial charge in [-0.05, 0) is 42.8 Å². The zero-order chi connectivity index (χ0) is 14.4. The molecule has 20 heavy (non-hydrogen) atoms. The summed E-state index contributed by atoms with van der Waals surface area (Å²) < 4.78 is 24.2. The standard InChI is InChI=1S/C16H20FNO2/c1-3-9-18-16(12-5-4-6-13(17)10-12)15-8-7-14(20-15)11-19-2/h4-8,10,16,18H,3,9,11H2,1-2H3. The summed E-state index contributed by atoms with van der Waals surface area (Å²) in [5.74, 6) is 1.30. The molecule has 1 atom stereocenters. The van der Waals surface area contributed by atoms with Gasteiger partial charge in [0, 0.05) is 7.11 Å². The van der Waals surface area contributed by atoms with Crippen molar-refractivity contribution in [3.8, 4) is 0 Å². The SMILES string of the molecule is CCCNC(c1cccc(F)c1)c1ccc(COC)o1. The van der Waals surface area contributed by atoms with Crippen LogP contribution < -0.4 is 5.32 Å². The van der Waals surface area contributed by atoms with Crippen LogP contribution in [0.4, 0.5) is 4.39 Å². The second kappa shape index (κ2) is 7.22. The van der Waals surface area contributed by atoms with Crippen LogP contribution in [-0.4, -0.2) is 13.7 Å². The largest absolute Gasteiger partial charge is 0.462 e. The van der Waals surface area contributed by atoms with Crippen LogP contribution in [0, 0.1) is 5.82 Å². The minimum absolute atomic E-state index is 0.142. The molecule has 0 aliphatic heterocycles. The van der Waals surface area contributed by atoms with Gasteiger partial charge in [0.25, 0.3) is 0 Å². The Hall–Kier alpha value is -1.65. The Kier molecular flexibility index (Phi) is 5.32. The lowest BCUT2D eigenvalue weighted by Gasteiger charge is -2.17. The van der Waals surface area contributed by atoms with E-state index in [1.807, 2.05) is 18.2 Å². The molecule has 0 amide bonds. The molecule has 0 aliphatic carbocycles. The van der Waals surface area contributed by atoms with E-state index in [-0.39, 0.29) is 11.9 Å². The Morgan fingerprint density at radius 2 is 2.15 bits per heavy atom. The normalized spacial score (nSPS) is 12.6. The Labute approximate surface area is 118 Å². The highest BCUT2D eigenvalue weighted by molar-refractivity contribution is 5.28. The maximum absolute atomic E-state index is 13.4. The molecule has 0 saturated heterocycles. The smallest absolute Gasteiger partial charge is 0.129 e. The first-order valence-electron chi connectivity index (χ1n) is 6.81. The van der Waals surface area contributed by atoms with Crippen LogP contribution in [0.2, 0.25) is 0 Å². The Balaban J connectivity index is 2.26. The van der Waals surface area contributed by atoms with E-state index in [2.05, 4.69) is 12.2 Å². The van der Waals surface area contributed by atoms with Crippen LogP contribution in [-0.2, 0) is 11.3 Å². The number of halogens is 1. The minimum atomic E-state index is -0.241. The van der Waals surface area contributed by atoms with E-state index in [1.165, 1.54) is 12.1 Å². The Morgan fingerprint density at radius 3 is 2.85 bits per heavy atom. The van der Waals surface area contributed by atoms with Gasteiger partial charge in [0.15, 0.2) is 0 Å². The van der Waals surface area contributed by atoms with Gasteiger partial charge in [-0.25, -0.2) is 4.39 Å². The first kappa shape index (κ1) is 14.8. The summed E-state index contributed by atoms with van der Waals surface area (Å²) in [5, 5.41) is 3.38. The summed E-state index contributed by atoms with van der Waals surface area (Å²) in [4.78, 5) is 0. The molecule has 3 nitrogen and oxygen atoms in total. The van der Waals surface area contributed by atoms with Crippen molar-refractivity contribution in [2.75, 3.05) is 13.7 Å². The third kappa shape index (κ3) is 3.68. The number of hydrogen-bond donors (Lipinski definition) is 1. The first-order valence-corrected chi connectivity index (χ1v) is 6.81. The van der Waals surface area contributed by atoms with Crippen LogP contribution in [0.1, 0.15) is 36.5 Å². The summed E-state index contributed by atoms with van der Waals surface area (Å²) in [6.45, 7) is 3.36. The lowest BCUT2D eigenvalue weighted by atomic mass is 10.0. The molecule has 0 bridgehead atoms. The fourth-order valence-corrected chi connectivity index (χ4v) is 2.13. The van der Waals surface area contributed by atoms with E-state index >= 15 is 0 Å². The van der Waals surface area contributed by atoms with E-state index in [0.717, 1.165) is 30.0 Å². The van der Waals surface area contributed by atoms with Gasteiger partial charge < -0.3 is 14.5 Å². The lowest BCUT2D eigenvalue weighted by molar-refractivity contribution is 0.162. The summed E-state index contributed by atoms with van der Waals surface area (Å²) >= 11 is 0. The van der Waals surface area contributed by atoms with Gasteiger partial charge in [-0.3, -0.25) is 0 Å². The fraction of sp³-hybridized carbons (Fsp3) is 0.375. The van der Waals surface area contributed by atoms with E-state index in [4.69, 9.17) is 9.15 Å². The molecule has 0 radical (unpaired) electrons. The van der Waals surface area contributed by atoms with Gasteiger partial charge in [-0.1, -0.05) is 19.1 Å². The number of furan rings is 1. The maximum Gasteiger partial charge on any atom is 0.129 e. The molecule has 2 aromatic rings. The molecule has 4 heteroatoms. The van der Waals surface area contributed by atoms with Crippen molar-refractivity contribution in [2.45, 2.75) is 26.0 Å². The molecule has 1 N–H and O–H groups in total. The monoisotopic (exact) mass is 277 g/mol. The van der Waals surface area contributed by atoms with Gasteiger partial charge in [0.2, 0.25) is 0 Å². The molecule has 108 valence electrons. The summed E-state index contributed by atoms with van der Waals surface area (Å²) in [6.07, 6.45) is 0.997. The van der Waals surface area contributed by atoms with E-state index in [0.29, 0.717) is 6.61 Å². The molecule has 1 aromatic carbocycles. The van der Waals surface area contributed by atoms with Gasteiger partial charge in [0.1, 0.15) is 23.9 Å². The van der Waals surface area contributed by atoms with Crippen LogP contribution in [0.5, 0.6) is 0 Å². The first-order chi connectivity index (χ1) is 9.74. The number of benzene rings is 1. The lowest BCUT2D eigenvalue weighted by Crippen LogP contribution is -2.22. The Bertz CT molecular complexity index is 539. The average molecular weight is 277 g/mol. The molecule has 0 saturated carbocycles. The van der Waals surface area contributed by atoms with Crippen molar-refractivity contribution < 1.29 is 13.5 Å². The highest BCUT2D eigenvalue weighted by Crippen LogP contribution is 2.25. The third-order valence-electron chi connectivity index (χ3n) is 3.03. The molecule has 0 fully saturated rings. The molecular weight excluding hydrogens is 257 g/mol. The van der Waals surface area contributed by atoms with Crippen LogP contribution in [0.15, 0.2) is 40.8 Å². The van der Waals surface area contributed by atoms with Gasteiger partial charge in [-0.2, -0.15) is 0 Å². The predicted octanol–water partition coefficient (Wildman–Crippen LogP) is 3.65. The molecule has 1 heterocycles. The van der Waals surface area contributed by atoms with Crippen LogP contribution in [0.3, 0.4) is 0 Å². The van der Waals surface area contributed by atoms with Gasteiger partial charge in [0.05, 0.1) is 6.04 Å². The quantitative estimate of drug-likeness (QED) is 0.838. The van der Waals surface area contributed by atoms with Crippen LogP contribution >= 0.6 is 0 Å². The van der Waals surface area contributed by atoms with Crippen molar-refractivity contribution in [2.24, 2.45) is 0 Å². The van der Waals surface area contributed by atoms with Crippen molar-refractivity contribution >= 4 is 0 Å². The highest BCUT2D eigenvalue weighted by atomic mass is 19.1. The van der Waals surface area contributed by atoms with Crippen molar-refractivity contribution in [1.82, 2.24) is 5.32 Å². The van der Waals surface area contributed by atoms with E-state index in [1.54, 1.807) is 13.2 Å². The van der Waals surface area contributed by atoms with E-state index in [9.17, 15) is 4.39 Å². The van der Waals surface area contributed by atoms with Gasteiger partial charge >= 0.3 is 0 Å². The summed E-state index contributed by atoms with van der Waals surface area (Å²) in [7, 11) is 1.63. The van der Waals surface area contributed by atoms with Gasteiger partial charge in [-0.15, -0.1) is 0 Å². The maximum atomic E-state index is 13.4. The zero-order valence-electron chi connectivity index (χ0n) is 11.9. The summed E-state index contributed by atoms with van der Waals surface area (Å²) in [6, 6.07) is 10.2. The Morgan fingerprint density at radius 1 is 1.30 bits per heavy atom. The molecule has 1 unspecified atom stereocenters. The number of rotatable bonds is 7. The summed E-state index contributed by atoms with van der Waals surface area (Å²) in [5.41, 5.74) is 0.858. The van der Waals surface area contributed by atoms with Crippen molar-refractivity contribution in [1.29, 1.82) is 0 Å². The topological polar surface area (TPSA) is 34.4 Å². The minimum Gasteiger partial charge on any atom is -0.462 e. The number of ether oxygens (including phenoxy) is 1. The second-order valence-electron chi connectivity index (χ2n) is 4.68. The van der Waals surface area contributed by atoms with Crippen molar-refractivity contribution in [3.63, 3.8) is 0 Å². The fourth-order valence-electron chi connectivity index (χ4n) is 2.13. The molecule has 0 spiro atoms. The third-order valence-corrected chi connectivity index (χ3v) is 3.03. The van der Waals surface area contributed by atoms with Crippen molar-refractivity contribution in [3.05, 3.63) is 59.3 Å². The second-order valence-corrected chi connectivity index (χ2v) is 4.68. The predicted molar refractivity (Wildman–Crippen MR) is 76.0 cm³/mol. The van der Waals surface area contributed by atoms with E-state index < -0.39 is 0 Å². The highest BCUT2D eigenvalue weighted by Gasteiger charge is 2.17.